The Morgan fingerprint density at radius 3 is 2.32 bits per heavy atom. The van der Waals surface area contributed by atoms with Crippen molar-refractivity contribution >= 4 is 29.6 Å². The lowest BCUT2D eigenvalue weighted by molar-refractivity contribution is -0.134. The first-order chi connectivity index (χ1) is 16.5. The largest absolute Gasteiger partial charge is 0.496 e. The highest BCUT2D eigenvalue weighted by molar-refractivity contribution is 7.98. The highest BCUT2D eigenvalue weighted by atomic mass is 32.2. The zero-order valence-electron chi connectivity index (χ0n) is 20.3. The van der Waals surface area contributed by atoms with E-state index in [9.17, 15) is 14.4 Å². The van der Waals surface area contributed by atoms with Gasteiger partial charge in [0.25, 0.3) is 5.91 Å². The Hall–Kier alpha value is -2.42. The van der Waals surface area contributed by atoms with E-state index in [2.05, 4.69) is 16.0 Å². The standard InChI is InChI=1S/C25H38N4O4S/c1-33-22-11-7-6-10-20(22)23(30)28-21(14-17-34-2)24(31)29-15-12-19(13-16-29)27-25(32)26-18-8-4-3-5-9-18/h6-7,10-11,18-19,21H,3-5,8-9,12-17H2,1-2H3,(H,28,30)(H2,26,27,32). The van der Waals surface area contributed by atoms with Crippen molar-refractivity contribution in [1.29, 1.82) is 0 Å². The predicted molar refractivity (Wildman–Crippen MR) is 135 cm³/mol. The molecule has 2 aliphatic rings. The molecule has 3 rings (SSSR count). The Balaban J connectivity index is 1.51. The molecule has 1 aliphatic heterocycles. The molecule has 9 heteroatoms. The molecule has 1 aromatic carbocycles. The van der Waals surface area contributed by atoms with E-state index in [1.165, 1.54) is 26.4 Å². The molecule has 1 aromatic rings. The molecule has 1 atom stereocenters. The van der Waals surface area contributed by atoms with Crippen LogP contribution in [-0.2, 0) is 4.79 Å². The van der Waals surface area contributed by atoms with Crippen molar-refractivity contribution in [3.05, 3.63) is 29.8 Å². The maximum Gasteiger partial charge on any atom is 0.315 e. The van der Waals surface area contributed by atoms with Crippen LogP contribution in [0.5, 0.6) is 5.75 Å². The molecule has 3 N–H and O–H groups in total. The minimum Gasteiger partial charge on any atom is -0.496 e. The van der Waals surface area contributed by atoms with E-state index in [-0.39, 0.29) is 29.9 Å². The van der Waals surface area contributed by atoms with Crippen LogP contribution in [-0.4, -0.2) is 73.1 Å². The van der Waals surface area contributed by atoms with Gasteiger partial charge in [-0.25, -0.2) is 4.79 Å². The summed E-state index contributed by atoms with van der Waals surface area (Å²) in [5.74, 6) is 0.867. The summed E-state index contributed by atoms with van der Waals surface area (Å²) in [5.41, 5.74) is 0.416. The van der Waals surface area contributed by atoms with Gasteiger partial charge in [0.2, 0.25) is 5.91 Å². The number of para-hydroxylation sites is 1. The molecule has 2 fully saturated rings. The third-order valence-electron chi connectivity index (χ3n) is 6.65. The van der Waals surface area contributed by atoms with Gasteiger partial charge < -0.3 is 25.6 Å². The number of carbonyl (C=O) groups is 3. The molecular formula is C25H38N4O4S. The average molecular weight is 491 g/mol. The quantitative estimate of drug-likeness (QED) is 0.494. The number of likely N-dealkylation sites (tertiary alicyclic amines) is 1. The summed E-state index contributed by atoms with van der Waals surface area (Å²) < 4.78 is 5.30. The van der Waals surface area contributed by atoms with E-state index in [0.29, 0.717) is 43.7 Å². The fourth-order valence-electron chi connectivity index (χ4n) is 4.69. The Kier molecular flexibility index (Phi) is 10.4. The van der Waals surface area contributed by atoms with Gasteiger partial charge in [-0.3, -0.25) is 9.59 Å². The second kappa shape index (κ2) is 13.5. The van der Waals surface area contributed by atoms with Gasteiger partial charge in [-0.2, -0.15) is 11.8 Å². The zero-order valence-corrected chi connectivity index (χ0v) is 21.1. The lowest BCUT2D eigenvalue weighted by Gasteiger charge is -2.35. The number of nitrogens with one attached hydrogen (secondary N) is 3. The van der Waals surface area contributed by atoms with Crippen molar-refractivity contribution < 1.29 is 19.1 Å². The van der Waals surface area contributed by atoms with Gasteiger partial charge in [0.15, 0.2) is 0 Å². The Bertz CT molecular complexity index is 823. The maximum atomic E-state index is 13.3. The summed E-state index contributed by atoms with van der Waals surface area (Å²) in [6.07, 6.45) is 9.68. The summed E-state index contributed by atoms with van der Waals surface area (Å²) in [5, 5.41) is 9.10. The summed E-state index contributed by atoms with van der Waals surface area (Å²) in [6.45, 7) is 1.13. The molecule has 0 radical (unpaired) electrons. The number of benzene rings is 1. The highest BCUT2D eigenvalue weighted by Crippen LogP contribution is 2.19. The van der Waals surface area contributed by atoms with E-state index in [0.717, 1.165) is 18.6 Å². The number of methoxy groups -OCH3 is 1. The van der Waals surface area contributed by atoms with Crippen LogP contribution in [0.1, 0.15) is 61.7 Å². The van der Waals surface area contributed by atoms with Crippen LogP contribution in [0.2, 0.25) is 0 Å². The first-order valence-electron chi connectivity index (χ1n) is 12.3. The van der Waals surface area contributed by atoms with Crippen molar-refractivity contribution in [2.75, 3.05) is 32.2 Å². The topological polar surface area (TPSA) is 99.8 Å². The van der Waals surface area contributed by atoms with Crippen molar-refractivity contribution in [1.82, 2.24) is 20.9 Å². The molecule has 34 heavy (non-hydrogen) atoms. The summed E-state index contributed by atoms with van der Waals surface area (Å²) in [7, 11) is 1.52. The lowest BCUT2D eigenvalue weighted by Crippen LogP contribution is -2.54. The van der Waals surface area contributed by atoms with E-state index >= 15 is 0 Å². The van der Waals surface area contributed by atoms with Crippen LogP contribution in [0.15, 0.2) is 24.3 Å². The number of rotatable bonds is 9. The van der Waals surface area contributed by atoms with Crippen LogP contribution in [0.4, 0.5) is 4.79 Å². The molecule has 0 bridgehead atoms. The van der Waals surface area contributed by atoms with Crippen molar-refractivity contribution in [3.8, 4) is 5.75 Å². The summed E-state index contributed by atoms with van der Waals surface area (Å²) in [4.78, 5) is 40.4. The number of hydrogen-bond acceptors (Lipinski definition) is 5. The first-order valence-corrected chi connectivity index (χ1v) is 13.7. The molecule has 1 heterocycles. The zero-order chi connectivity index (χ0) is 24.3. The van der Waals surface area contributed by atoms with Gasteiger partial charge in [-0.15, -0.1) is 0 Å². The normalized spacial score (nSPS) is 18.1. The molecule has 0 aromatic heterocycles. The molecule has 188 valence electrons. The van der Waals surface area contributed by atoms with Crippen LogP contribution in [0.25, 0.3) is 0 Å². The third-order valence-corrected chi connectivity index (χ3v) is 7.29. The molecule has 8 nitrogen and oxygen atoms in total. The predicted octanol–water partition coefficient (Wildman–Crippen LogP) is 3.17. The Labute approximate surface area is 206 Å². The minimum absolute atomic E-state index is 0.0560. The molecular weight excluding hydrogens is 452 g/mol. The first kappa shape index (κ1) is 26.2. The third kappa shape index (κ3) is 7.55. The SMILES string of the molecule is COc1ccccc1C(=O)NC(CCSC)C(=O)N1CCC(NC(=O)NC2CCCCC2)CC1. The van der Waals surface area contributed by atoms with Gasteiger partial charge in [-0.05, 0) is 56.2 Å². The van der Waals surface area contributed by atoms with E-state index < -0.39 is 6.04 Å². The lowest BCUT2D eigenvalue weighted by atomic mass is 9.96. The monoisotopic (exact) mass is 490 g/mol. The number of amides is 4. The van der Waals surface area contributed by atoms with Gasteiger partial charge in [0, 0.05) is 25.2 Å². The van der Waals surface area contributed by atoms with Gasteiger partial charge in [0.05, 0.1) is 12.7 Å². The minimum atomic E-state index is -0.594. The second-order valence-electron chi connectivity index (χ2n) is 9.06. The van der Waals surface area contributed by atoms with Crippen molar-refractivity contribution in [2.24, 2.45) is 0 Å². The van der Waals surface area contributed by atoms with E-state index in [1.807, 2.05) is 11.2 Å². The number of urea groups is 1. The number of thioether (sulfide) groups is 1. The van der Waals surface area contributed by atoms with Crippen molar-refractivity contribution in [3.63, 3.8) is 0 Å². The maximum absolute atomic E-state index is 13.3. The average Bonchev–Trinajstić information content (AvgIpc) is 2.87. The van der Waals surface area contributed by atoms with E-state index in [4.69, 9.17) is 4.74 Å². The number of piperidine rings is 1. The number of carbonyl (C=O) groups excluding carboxylic acids is 3. The number of nitrogens with zero attached hydrogens (tertiary/aromatic N) is 1. The number of ether oxygens (including phenoxy) is 1. The molecule has 1 unspecified atom stereocenters. The van der Waals surface area contributed by atoms with E-state index in [1.54, 1.807) is 36.0 Å². The smallest absolute Gasteiger partial charge is 0.315 e. The van der Waals surface area contributed by atoms with Crippen LogP contribution in [0.3, 0.4) is 0 Å². The van der Waals surface area contributed by atoms with Gasteiger partial charge in [0.1, 0.15) is 11.8 Å². The molecule has 1 aliphatic carbocycles. The van der Waals surface area contributed by atoms with Crippen molar-refractivity contribution in [2.45, 2.75) is 69.5 Å². The molecule has 1 saturated carbocycles. The Morgan fingerprint density at radius 1 is 1.03 bits per heavy atom. The summed E-state index contributed by atoms with van der Waals surface area (Å²) >= 11 is 1.64. The molecule has 4 amide bonds. The van der Waals surface area contributed by atoms with Crippen LogP contribution >= 0.6 is 11.8 Å². The summed E-state index contributed by atoms with van der Waals surface area (Å²) in [6, 6.07) is 6.65. The number of hydrogen-bond donors (Lipinski definition) is 3. The Morgan fingerprint density at radius 2 is 1.68 bits per heavy atom. The molecule has 0 spiro atoms. The molecule has 1 saturated heterocycles. The van der Waals surface area contributed by atoms with Gasteiger partial charge in [-0.1, -0.05) is 31.4 Å². The fourth-order valence-corrected chi connectivity index (χ4v) is 5.16. The van der Waals surface area contributed by atoms with Crippen LogP contribution < -0.4 is 20.7 Å². The van der Waals surface area contributed by atoms with Crippen LogP contribution in [0, 0.1) is 0 Å². The van der Waals surface area contributed by atoms with Gasteiger partial charge >= 0.3 is 6.03 Å². The second-order valence-corrected chi connectivity index (χ2v) is 10.0. The fraction of sp³-hybridized carbons (Fsp3) is 0.640. The highest BCUT2D eigenvalue weighted by Gasteiger charge is 2.30.